The topological polar surface area (TPSA) is 58.9 Å². The molecule has 0 saturated carbocycles. The molecule has 6 aromatic rings. The van der Waals surface area contributed by atoms with E-state index in [1.165, 1.54) is 22.3 Å². The summed E-state index contributed by atoms with van der Waals surface area (Å²) in [6.45, 7) is 3.91. The fourth-order valence-electron chi connectivity index (χ4n) is 6.83. The fraction of sp³-hybridized carbons (Fsp3) is 0.179. The predicted molar refractivity (Wildman–Crippen MR) is 173 cm³/mol. The first kappa shape index (κ1) is 27.2. The van der Waals surface area contributed by atoms with E-state index < -0.39 is 17.6 Å². The highest BCUT2D eigenvalue weighted by Crippen LogP contribution is 2.59. The van der Waals surface area contributed by atoms with Crippen LogP contribution in [0.25, 0.3) is 32.7 Å². The van der Waals surface area contributed by atoms with Gasteiger partial charge in [-0.15, -0.1) is 0 Å². The first-order valence-corrected chi connectivity index (χ1v) is 14.9. The average molecular weight is 567 g/mol. The molecule has 214 valence electrons. The van der Waals surface area contributed by atoms with Crippen LogP contribution in [0.15, 0.2) is 121 Å². The van der Waals surface area contributed by atoms with Gasteiger partial charge in [0.05, 0.1) is 17.6 Å². The van der Waals surface area contributed by atoms with E-state index in [0.717, 1.165) is 44.2 Å². The lowest BCUT2D eigenvalue weighted by Crippen LogP contribution is -2.29. The molecule has 0 heterocycles. The van der Waals surface area contributed by atoms with E-state index in [2.05, 4.69) is 97.1 Å². The molecular weight excluding hydrogens is 532 g/mol. The van der Waals surface area contributed by atoms with Crippen LogP contribution in [0.4, 0.5) is 0 Å². The second-order valence-corrected chi connectivity index (χ2v) is 11.5. The highest BCUT2D eigenvalue weighted by atomic mass is 16.5. The molecule has 6 aromatic carbocycles. The molecule has 0 aromatic heterocycles. The molecule has 2 unspecified atom stereocenters. The van der Waals surface area contributed by atoms with Gasteiger partial charge in [0.15, 0.2) is 0 Å². The van der Waals surface area contributed by atoms with Crippen molar-refractivity contribution in [3.8, 4) is 22.6 Å². The zero-order valence-corrected chi connectivity index (χ0v) is 24.3. The van der Waals surface area contributed by atoms with Gasteiger partial charge in [0.25, 0.3) is 0 Å². The Balaban J connectivity index is 1.60. The molecule has 43 heavy (non-hydrogen) atoms. The van der Waals surface area contributed by atoms with Crippen LogP contribution in [0.5, 0.6) is 11.5 Å². The average Bonchev–Trinajstić information content (AvgIpc) is 3.33. The zero-order chi connectivity index (χ0) is 29.6. The lowest BCUT2D eigenvalue weighted by atomic mass is 9.65. The number of rotatable bonds is 8. The highest BCUT2D eigenvalue weighted by Gasteiger charge is 2.47. The molecule has 2 N–H and O–H groups in total. The molecule has 7 rings (SSSR count). The minimum atomic E-state index is -0.641. The van der Waals surface area contributed by atoms with Crippen molar-refractivity contribution in [2.24, 2.45) is 0 Å². The molecule has 0 spiro atoms. The van der Waals surface area contributed by atoms with Gasteiger partial charge in [-0.2, -0.15) is 0 Å². The minimum absolute atomic E-state index is 0.221. The van der Waals surface area contributed by atoms with Gasteiger partial charge >= 0.3 is 0 Å². The van der Waals surface area contributed by atoms with Crippen LogP contribution in [0.1, 0.15) is 36.1 Å². The molecule has 0 saturated heterocycles. The molecule has 2 atom stereocenters. The van der Waals surface area contributed by atoms with E-state index in [-0.39, 0.29) is 13.2 Å². The Morgan fingerprint density at radius 2 is 0.837 bits per heavy atom. The van der Waals surface area contributed by atoms with Crippen LogP contribution >= 0.6 is 0 Å². The van der Waals surface area contributed by atoms with Gasteiger partial charge in [-0.25, -0.2) is 0 Å². The van der Waals surface area contributed by atoms with E-state index >= 15 is 0 Å². The van der Waals surface area contributed by atoms with Crippen LogP contribution in [-0.4, -0.2) is 35.6 Å². The summed E-state index contributed by atoms with van der Waals surface area (Å²) in [6, 6.07) is 42.7. The standard InChI is InChI=1S/C39H34O4/c1-25(40)23-42-37-21-19-35(29-13-3-5-15-31(29)37)39(33-17-9-7-11-27(33)28-12-8-10-18-34(28)39)36-20-22-38(43-24-26(2)41)32-16-6-4-14-30(32)36/h3-22,25-26,40-41H,23-24H2,1-2H3. The molecule has 4 heteroatoms. The smallest absolute Gasteiger partial charge is 0.127 e. The second kappa shape index (κ2) is 10.9. The first-order chi connectivity index (χ1) is 21.0. The Kier molecular flexibility index (Phi) is 6.89. The first-order valence-electron chi connectivity index (χ1n) is 14.9. The van der Waals surface area contributed by atoms with Gasteiger partial charge < -0.3 is 19.7 Å². The monoisotopic (exact) mass is 566 g/mol. The normalized spacial score (nSPS) is 14.7. The number of aliphatic hydroxyl groups is 2. The van der Waals surface area contributed by atoms with E-state index in [1.807, 2.05) is 24.3 Å². The van der Waals surface area contributed by atoms with Crippen molar-refractivity contribution in [3.63, 3.8) is 0 Å². The number of benzene rings is 6. The van der Waals surface area contributed by atoms with Crippen LogP contribution in [0.2, 0.25) is 0 Å². The third-order valence-corrected chi connectivity index (χ3v) is 8.49. The summed E-state index contributed by atoms with van der Waals surface area (Å²) in [5, 5.41) is 24.1. The summed E-state index contributed by atoms with van der Waals surface area (Å²) in [7, 11) is 0. The Morgan fingerprint density at radius 3 is 1.26 bits per heavy atom. The largest absolute Gasteiger partial charge is 0.490 e. The minimum Gasteiger partial charge on any atom is -0.490 e. The van der Waals surface area contributed by atoms with Gasteiger partial charge in [0.1, 0.15) is 24.7 Å². The van der Waals surface area contributed by atoms with Crippen molar-refractivity contribution in [1.82, 2.24) is 0 Å². The van der Waals surface area contributed by atoms with Crippen molar-refractivity contribution < 1.29 is 19.7 Å². The number of hydrogen-bond donors (Lipinski definition) is 2. The predicted octanol–water partition coefficient (Wildman–Crippen LogP) is 7.88. The van der Waals surface area contributed by atoms with Crippen LogP contribution in [-0.2, 0) is 5.41 Å². The lowest BCUT2D eigenvalue weighted by Gasteiger charge is -2.36. The summed E-state index contributed by atoms with van der Waals surface area (Å²) in [6.07, 6.45) is -1.14. The summed E-state index contributed by atoms with van der Waals surface area (Å²) in [5.41, 5.74) is 6.56. The third kappa shape index (κ3) is 4.37. The van der Waals surface area contributed by atoms with Crippen molar-refractivity contribution in [1.29, 1.82) is 0 Å². The van der Waals surface area contributed by atoms with Crippen molar-refractivity contribution in [2.45, 2.75) is 31.5 Å². The Morgan fingerprint density at radius 1 is 0.465 bits per heavy atom. The number of aliphatic hydroxyl groups excluding tert-OH is 2. The van der Waals surface area contributed by atoms with Crippen LogP contribution in [0, 0.1) is 0 Å². The highest BCUT2D eigenvalue weighted by molar-refractivity contribution is 6.01. The van der Waals surface area contributed by atoms with Crippen LogP contribution < -0.4 is 9.47 Å². The molecular formula is C39H34O4. The second-order valence-electron chi connectivity index (χ2n) is 11.5. The van der Waals surface area contributed by atoms with Crippen molar-refractivity contribution >= 4 is 21.5 Å². The number of fused-ring (bicyclic) bond motifs is 5. The molecule has 0 bridgehead atoms. The van der Waals surface area contributed by atoms with Gasteiger partial charge in [0.2, 0.25) is 0 Å². The summed E-state index contributed by atoms with van der Waals surface area (Å²) in [4.78, 5) is 0. The summed E-state index contributed by atoms with van der Waals surface area (Å²) < 4.78 is 12.2. The lowest BCUT2D eigenvalue weighted by molar-refractivity contribution is 0.123. The molecule has 0 fully saturated rings. The van der Waals surface area contributed by atoms with E-state index in [0.29, 0.717) is 0 Å². The fourth-order valence-corrected chi connectivity index (χ4v) is 6.83. The van der Waals surface area contributed by atoms with Gasteiger partial charge in [-0.3, -0.25) is 0 Å². The number of ether oxygens (including phenoxy) is 2. The summed E-state index contributed by atoms with van der Waals surface area (Å²) in [5.74, 6) is 1.50. The molecule has 0 radical (unpaired) electrons. The third-order valence-electron chi connectivity index (χ3n) is 8.49. The van der Waals surface area contributed by atoms with E-state index in [1.54, 1.807) is 13.8 Å². The van der Waals surface area contributed by atoms with E-state index in [4.69, 9.17) is 9.47 Å². The quantitative estimate of drug-likeness (QED) is 0.197. The maximum atomic E-state index is 9.96. The zero-order valence-electron chi connectivity index (χ0n) is 24.3. The molecule has 0 amide bonds. The van der Waals surface area contributed by atoms with Gasteiger partial charge in [-0.05, 0) is 70.1 Å². The van der Waals surface area contributed by atoms with Crippen LogP contribution in [0.3, 0.4) is 0 Å². The van der Waals surface area contributed by atoms with Gasteiger partial charge in [-0.1, -0.05) is 109 Å². The summed E-state index contributed by atoms with van der Waals surface area (Å²) >= 11 is 0. The van der Waals surface area contributed by atoms with Crippen molar-refractivity contribution in [3.05, 3.63) is 144 Å². The maximum Gasteiger partial charge on any atom is 0.127 e. The Labute approximate surface area is 251 Å². The Bertz CT molecular complexity index is 1810. The molecule has 1 aliphatic rings. The Hall–Kier alpha value is -4.64. The van der Waals surface area contributed by atoms with Gasteiger partial charge in [0, 0.05) is 10.8 Å². The molecule has 0 aliphatic heterocycles. The molecule has 1 aliphatic carbocycles. The molecule has 4 nitrogen and oxygen atoms in total. The SMILES string of the molecule is CC(O)COc1ccc(C2(c3ccc(OCC(C)O)c4ccccc34)c3ccccc3-c3ccccc32)c2ccccc12. The van der Waals surface area contributed by atoms with Crippen molar-refractivity contribution in [2.75, 3.05) is 13.2 Å². The van der Waals surface area contributed by atoms with E-state index in [9.17, 15) is 10.2 Å². The maximum absolute atomic E-state index is 9.96. The number of hydrogen-bond acceptors (Lipinski definition) is 4.